The number of hydrogen-bond donors (Lipinski definition) is 0. The third-order valence-electron chi connectivity index (χ3n) is 3.50. The van der Waals surface area contributed by atoms with E-state index in [9.17, 15) is 4.79 Å². The van der Waals surface area contributed by atoms with Crippen LogP contribution in [0.5, 0.6) is 23.0 Å². The fourth-order valence-corrected chi connectivity index (χ4v) is 2.27. The second-order valence-electron chi connectivity index (χ2n) is 4.96. The van der Waals surface area contributed by atoms with Gasteiger partial charge in [-0.05, 0) is 43.3 Å². The number of rotatable bonds is 4. The minimum Gasteiger partial charge on any atom is -0.497 e. The van der Waals surface area contributed by atoms with Gasteiger partial charge >= 0.3 is 0 Å². The Morgan fingerprint density at radius 1 is 0.870 bits per heavy atom. The van der Waals surface area contributed by atoms with Gasteiger partial charge in [-0.25, -0.2) is 0 Å². The van der Waals surface area contributed by atoms with Crippen LogP contribution < -0.4 is 19.6 Å². The summed E-state index contributed by atoms with van der Waals surface area (Å²) in [5.74, 6) is 2.46. The second kappa shape index (κ2) is 6.04. The monoisotopic (exact) mass is 312 g/mol. The van der Waals surface area contributed by atoms with E-state index in [0.29, 0.717) is 34.0 Å². The molecule has 118 valence electrons. The van der Waals surface area contributed by atoms with E-state index in [4.69, 9.17) is 18.6 Å². The van der Waals surface area contributed by atoms with E-state index in [-0.39, 0.29) is 11.2 Å². The number of methoxy groups -OCH3 is 2. The molecule has 5 nitrogen and oxygen atoms in total. The van der Waals surface area contributed by atoms with Crippen LogP contribution >= 0.6 is 0 Å². The van der Waals surface area contributed by atoms with Crippen molar-refractivity contribution < 1.29 is 18.6 Å². The van der Waals surface area contributed by atoms with E-state index in [1.54, 1.807) is 63.6 Å². The molecule has 0 aliphatic rings. The predicted octanol–water partition coefficient (Wildman–Crippen LogP) is 3.91. The second-order valence-corrected chi connectivity index (χ2v) is 4.96. The Balaban J connectivity index is 2.04. The summed E-state index contributed by atoms with van der Waals surface area (Å²) in [4.78, 5) is 12.6. The molecule has 0 saturated heterocycles. The normalized spacial score (nSPS) is 10.6. The van der Waals surface area contributed by atoms with E-state index in [0.717, 1.165) is 0 Å². The highest BCUT2D eigenvalue weighted by atomic mass is 16.5. The fraction of sp³-hybridized carbons (Fsp3) is 0.167. The lowest BCUT2D eigenvalue weighted by atomic mass is 10.2. The van der Waals surface area contributed by atoms with Gasteiger partial charge in [0.05, 0.1) is 19.6 Å². The Labute approximate surface area is 133 Å². The Bertz CT molecular complexity index is 894. The van der Waals surface area contributed by atoms with Crippen LogP contribution in [0.15, 0.2) is 51.7 Å². The number of aryl methyl sites for hydroxylation is 1. The van der Waals surface area contributed by atoms with Crippen LogP contribution in [0, 0.1) is 6.92 Å². The minimum atomic E-state index is -0.220. The van der Waals surface area contributed by atoms with E-state index >= 15 is 0 Å². The van der Waals surface area contributed by atoms with E-state index in [1.165, 1.54) is 0 Å². The van der Waals surface area contributed by atoms with E-state index in [1.807, 2.05) is 0 Å². The summed E-state index contributed by atoms with van der Waals surface area (Å²) in [6.45, 7) is 1.69. The van der Waals surface area contributed by atoms with Gasteiger partial charge in [-0.1, -0.05) is 0 Å². The molecule has 1 heterocycles. The molecule has 5 heteroatoms. The maximum absolute atomic E-state index is 12.6. The van der Waals surface area contributed by atoms with Gasteiger partial charge < -0.3 is 18.6 Å². The Kier molecular flexibility index (Phi) is 3.93. The van der Waals surface area contributed by atoms with Crippen LogP contribution in [0.1, 0.15) is 5.76 Å². The third kappa shape index (κ3) is 2.85. The summed E-state index contributed by atoms with van der Waals surface area (Å²) in [7, 11) is 3.15. The van der Waals surface area contributed by atoms with Crippen LogP contribution in [0.3, 0.4) is 0 Å². The molecule has 0 aliphatic heterocycles. The van der Waals surface area contributed by atoms with Crippen LogP contribution in [0.2, 0.25) is 0 Å². The van der Waals surface area contributed by atoms with Crippen molar-refractivity contribution in [1.82, 2.24) is 0 Å². The Morgan fingerprint density at radius 2 is 1.48 bits per heavy atom. The number of fused-ring (bicyclic) bond motifs is 1. The first-order valence-electron chi connectivity index (χ1n) is 7.05. The molecule has 0 unspecified atom stereocenters. The van der Waals surface area contributed by atoms with Gasteiger partial charge in [-0.3, -0.25) is 4.79 Å². The first-order valence-corrected chi connectivity index (χ1v) is 7.05. The average molecular weight is 312 g/mol. The number of benzene rings is 2. The lowest BCUT2D eigenvalue weighted by molar-refractivity contribution is 0.409. The summed E-state index contributed by atoms with van der Waals surface area (Å²) >= 11 is 0. The minimum absolute atomic E-state index is 0.174. The molecule has 1 aromatic heterocycles. The quantitative estimate of drug-likeness (QED) is 0.731. The van der Waals surface area contributed by atoms with Gasteiger partial charge in [0.15, 0.2) is 0 Å². The first-order chi connectivity index (χ1) is 11.1. The largest absolute Gasteiger partial charge is 0.497 e. The van der Waals surface area contributed by atoms with Gasteiger partial charge in [-0.15, -0.1) is 0 Å². The van der Waals surface area contributed by atoms with Crippen molar-refractivity contribution in [1.29, 1.82) is 0 Å². The Morgan fingerprint density at radius 3 is 2.13 bits per heavy atom. The van der Waals surface area contributed by atoms with Gasteiger partial charge in [0.25, 0.3) is 0 Å². The van der Waals surface area contributed by atoms with E-state index < -0.39 is 0 Å². The zero-order valence-corrected chi connectivity index (χ0v) is 13.1. The predicted molar refractivity (Wildman–Crippen MR) is 86.8 cm³/mol. The van der Waals surface area contributed by atoms with E-state index in [2.05, 4.69) is 0 Å². The third-order valence-corrected chi connectivity index (χ3v) is 3.50. The van der Waals surface area contributed by atoms with Crippen LogP contribution in [-0.4, -0.2) is 14.2 Å². The standard InChI is InChI=1S/C18H16O5/c1-11-18(23-13-6-4-12(20-2)5-7-13)17(19)15-9-8-14(21-3)10-16(15)22-11/h4-10H,1-3H3. The van der Waals surface area contributed by atoms with Crippen molar-refractivity contribution >= 4 is 11.0 Å². The topological polar surface area (TPSA) is 57.9 Å². The van der Waals surface area contributed by atoms with Crippen molar-refractivity contribution in [3.63, 3.8) is 0 Å². The summed E-state index contributed by atoms with van der Waals surface area (Å²) < 4.78 is 21.7. The molecule has 0 fully saturated rings. The Hall–Kier alpha value is -2.95. The fourth-order valence-electron chi connectivity index (χ4n) is 2.27. The zero-order chi connectivity index (χ0) is 16.4. The molecule has 0 aliphatic carbocycles. The van der Waals surface area contributed by atoms with Crippen LogP contribution in [0.25, 0.3) is 11.0 Å². The first kappa shape index (κ1) is 15.0. The molecule has 3 rings (SSSR count). The van der Waals surface area contributed by atoms with Crippen molar-refractivity contribution in [2.24, 2.45) is 0 Å². The van der Waals surface area contributed by atoms with Crippen molar-refractivity contribution in [3.8, 4) is 23.0 Å². The molecule has 0 saturated carbocycles. The zero-order valence-electron chi connectivity index (χ0n) is 13.1. The van der Waals surface area contributed by atoms with Crippen LogP contribution in [0.4, 0.5) is 0 Å². The maximum Gasteiger partial charge on any atom is 0.235 e. The summed E-state index contributed by atoms with van der Waals surface area (Å²) in [5, 5.41) is 0.444. The molecular weight excluding hydrogens is 296 g/mol. The molecule has 0 spiro atoms. The molecule has 23 heavy (non-hydrogen) atoms. The van der Waals surface area contributed by atoms with Crippen molar-refractivity contribution in [2.75, 3.05) is 14.2 Å². The summed E-state index contributed by atoms with van der Waals surface area (Å²) in [5.41, 5.74) is 0.246. The molecular formula is C18H16O5. The van der Waals surface area contributed by atoms with Gasteiger partial charge in [0, 0.05) is 6.07 Å². The molecule has 0 bridgehead atoms. The molecule has 0 radical (unpaired) electrons. The molecule has 3 aromatic rings. The van der Waals surface area contributed by atoms with Gasteiger partial charge in [0.2, 0.25) is 11.2 Å². The lowest BCUT2D eigenvalue weighted by Crippen LogP contribution is -2.07. The van der Waals surface area contributed by atoms with Crippen LogP contribution in [-0.2, 0) is 0 Å². The van der Waals surface area contributed by atoms with Gasteiger partial charge in [0.1, 0.15) is 28.6 Å². The highest BCUT2D eigenvalue weighted by Crippen LogP contribution is 2.28. The smallest absolute Gasteiger partial charge is 0.235 e. The lowest BCUT2D eigenvalue weighted by Gasteiger charge is -2.10. The molecule has 0 N–H and O–H groups in total. The van der Waals surface area contributed by atoms with Gasteiger partial charge in [-0.2, -0.15) is 0 Å². The molecule has 0 amide bonds. The highest BCUT2D eigenvalue weighted by molar-refractivity contribution is 5.79. The molecule has 2 aromatic carbocycles. The van der Waals surface area contributed by atoms with Crippen molar-refractivity contribution in [2.45, 2.75) is 6.92 Å². The summed E-state index contributed by atoms with van der Waals surface area (Å²) in [6.07, 6.45) is 0. The van der Waals surface area contributed by atoms with Crippen molar-refractivity contribution in [3.05, 3.63) is 58.4 Å². The number of hydrogen-bond acceptors (Lipinski definition) is 5. The highest BCUT2D eigenvalue weighted by Gasteiger charge is 2.14. The SMILES string of the molecule is COc1ccc(Oc2c(C)oc3cc(OC)ccc3c2=O)cc1. The summed E-state index contributed by atoms with van der Waals surface area (Å²) in [6, 6.07) is 12.1. The maximum atomic E-state index is 12.6. The molecule has 0 atom stereocenters. The average Bonchev–Trinajstić information content (AvgIpc) is 2.58. The number of ether oxygens (including phenoxy) is 3.